The molecule has 0 saturated carbocycles. The van der Waals surface area contributed by atoms with Gasteiger partial charge in [-0.2, -0.15) is 4.57 Å². The predicted octanol–water partition coefficient (Wildman–Crippen LogP) is 7.53. The molecule has 0 spiro atoms. The first kappa shape index (κ1) is 52.1. The van der Waals surface area contributed by atoms with Gasteiger partial charge in [-0.1, -0.05) is 51.8 Å². The largest absolute Gasteiger partial charge is 0.497 e. The van der Waals surface area contributed by atoms with Gasteiger partial charge in [-0.15, -0.1) is 11.8 Å². The Morgan fingerprint density at radius 3 is 2.37 bits per heavy atom. The topological polar surface area (TPSA) is 229 Å². The van der Waals surface area contributed by atoms with Crippen LogP contribution < -0.4 is 25.3 Å². The maximum Gasteiger partial charge on any atom is 0.413 e. The molecule has 7 rings (SSSR count). The van der Waals surface area contributed by atoms with E-state index in [1.165, 1.54) is 36.9 Å². The van der Waals surface area contributed by atoms with E-state index in [1.54, 1.807) is 82.8 Å². The van der Waals surface area contributed by atoms with E-state index < -0.39 is 64.2 Å². The Hall–Kier alpha value is -6.75. The predicted molar refractivity (Wildman–Crippen MR) is 264 cm³/mol. The summed E-state index contributed by atoms with van der Waals surface area (Å²) in [7, 11) is 2.75. The maximum absolute atomic E-state index is 15.7. The Morgan fingerprint density at radius 1 is 1.00 bits per heavy atom. The number of nitrogens with zero attached hydrogens (tertiary/aromatic N) is 5. The molecule has 0 radical (unpaired) electrons. The van der Waals surface area contributed by atoms with E-state index in [0.717, 1.165) is 22.8 Å². The molecule has 1 fully saturated rings. The Kier molecular flexibility index (Phi) is 15.6. The van der Waals surface area contributed by atoms with Crippen molar-refractivity contribution in [3.8, 4) is 5.75 Å². The number of β-lactam (4-membered cyclic amide) rings is 1. The summed E-state index contributed by atoms with van der Waals surface area (Å²) in [6, 6.07) is 12.0. The standard InChI is InChI=1S/C47H48Cl2FN9O10S2/c1-46(2,3)68-44(63)54-38(51)26-17-30(48)29(31(50)18-26)20-58-16-14-25-13-15-57(21-32(25)58)19-27-23-70-41-35(40(61)59(41)36(27)42(62)67-22-24-9-11-28(65-7)12-10-24)52-39(60)34(56-66-8)33-37(49)71-43(53-33)55-45(64)69-47(4,5)6/h9-18,21,35,41H,19-20,22-23H2,1-8H3,(H3-,51,52,53,54,55,60,63,64)/p+1/b56-34-/t35-,41-/m1/s1. The summed E-state index contributed by atoms with van der Waals surface area (Å²) in [5.74, 6) is -2.47. The van der Waals surface area contributed by atoms with Gasteiger partial charge in [0.05, 0.1) is 13.7 Å². The van der Waals surface area contributed by atoms with Crippen LogP contribution in [0.5, 0.6) is 5.75 Å². The van der Waals surface area contributed by atoms with Crippen molar-refractivity contribution in [2.75, 3.05) is 25.3 Å². The van der Waals surface area contributed by atoms with E-state index in [-0.39, 0.29) is 68.2 Å². The number of methoxy groups -OCH3 is 1. The van der Waals surface area contributed by atoms with Crippen molar-refractivity contribution in [1.29, 1.82) is 5.41 Å². The number of ether oxygens (including phenoxy) is 4. The molecule has 5 heterocycles. The molecule has 4 N–H and O–H groups in total. The van der Waals surface area contributed by atoms with Crippen LogP contribution in [0, 0.1) is 11.2 Å². The monoisotopic (exact) mass is 1050 g/mol. The molecule has 24 heteroatoms. The van der Waals surface area contributed by atoms with Crippen molar-refractivity contribution in [3.05, 3.63) is 116 Å². The van der Waals surface area contributed by atoms with E-state index in [2.05, 4.69) is 26.1 Å². The Balaban J connectivity index is 1.12. The first-order valence-electron chi connectivity index (χ1n) is 21.6. The van der Waals surface area contributed by atoms with Gasteiger partial charge in [-0.25, -0.2) is 23.8 Å². The van der Waals surface area contributed by atoms with Crippen molar-refractivity contribution in [2.24, 2.45) is 5.16 Å². The third kappa shape index (κ3) is 12.4. The zero-order chi connectivity index (χ0) is 51.5. The lowest BCUT2D eigenvalue weighted by Gasteiger charge is -2.49. The number of amidine groups is 1. The molecule has 2 aromatic carbocycles. The van der Waals surface area contributed by atoms with Crippen LogP contribution in [0.15, 0.2) is 83.5 Å². The molecule has 71 heavy (non-hydrogen) atoms. The molecule has 19 nitrogen and oxygen atoms in total. The van der Waals surface area contributed by atoms with Crippen LogP contribution in [0.4, 0.5) is 19.1 Å². The van der Waals surface area contributed by atoms with E-state index >= 15 is 4.39 Å². The van der Waals surface area contributed by atoms with Crippen molar-refractivity contribution >= 4 is 104 Å². The molecule has 3 aromatic heterocycles. The van der Waals surface area contributed by atoms with Crippen LogP contribution in [-0.2, 0) is 53.1 Å². The number of alkyl carbamates (subject to hydrolysis) is 1. The molecule has 5 aromatic rings. The number of amides is 4. The lowest BCUT2D eigenvalue weighted by atomic mass is 10.0. The van der Waals surface area contributed by atoms with Gasteiger partial charge in [0.1, 0.15) is 75.0 Å². The fraction of sp³-hybridized carbons (Fsp3) is 0.340. The first-order chi connectivity index (χ1) is 33.5. The number of thioether (sulfide) groups is 1. The van der Waals surface area contributed by atoms with Gasteiger partial charge < -0.3 is 33.7 Å². The van der Waals surface area contributed by atoms with Gasteiger partial charge in [0, 0.05) is 45.1 Å². The van der Waals surface area contributed by atoms with Gasteiger partial charge in [0.15, 0.2) is 29.8 Å². The molecule has 2 aliphatic rings. The molecular formula is C47H49Cl2FN9O10S2+. The number of hydrogen-bond donors (Lipinski definition) is 4. The summed E-state index contributed by atoms with van der Waals surface area (Å²) in [6.45, 7) is 10.1. The van der Waals surface area contributed by atoms with Crippen LogP contribution in [0.1, 0.15) is 63.9 Å². The molecule has 2 aliphatic heterocycles. The minimum absolute atomic E-state index is 0.000541. The summed E-state index contributed by atoms with van der Waals surface area (Å²) in [5.41, 5.74) is -0.0189. The molecule has 4 amide bonds. The van der Waals surface area contributed by atoms with E-state index in [0.29, 0.717) is 22.4 Å². The number of oxime groups is 1. The van der Waals surface area contributed by atoms with Crippen molar-refractivity contribution in [3.63, 3.8) is 0 Å². The zero-order valence-electron chi connectivity index (χ0n) is 39.6. The molecular weight excluding hydrogens is 1000 g/mol. The minimum atomic E-state index is -1.13. The number of pyridine rings is 1. The number of rotatable bonds is 14. The summed E-state index contributed by atoms with van der Waals surface area (Å²) in [4.78, 5) is 77.4. The van der Waals surface area contributed by atoms with Crippen LogP contribution in [0.25, 0.3) is 10.9 Å². The van der Waals surface area contributed by atoms with Crippen molar-refractivity contribution < 1.29 is 56.7 Å². The number of hydrogen-bond acceptors (Lipinski definition) is 15. The average Bonchev–Trinajstić information content (AvgIpc) is 3.87. The van der Waals surface area contributed by atoms with Crippen molar-refractivity contribution in [2.45, 2.75) is 83.9 Å². The van der Waals surface area contributed by atoms with Crippen LogP contribution in [-0.4, -0.2) is 98.6 Å². The van der Waals surface area contributed by atoms with Gasteiger partial charge >= 0.3 is 18.2 Å². The lowest BCUT2D eigenvalue weighted by molar-refractivity contribution is -0.687. The second-order valence-corrected chi connectivity index (χ2v) is 21.1. The van der Waals surface area contributed by atoms with Crippen molar-refractivity contribution in [1.82, 2.24) is 25.1 Å². The first-order valence-corrected chi connectivity index (χ1v) is 24.2. The normalized spacial score (nSPS) is 15.9. The second kappa shape index (κ2) is 21.3. The van der Waals surface area contributed by atoms with Crippen LogP contribution >= 0.6 is 46.3 Å². The molecule has 0 aliphatic carbocycles. The number of carbonyl (C=O) groups excluding carboxylic acids is 5. The van der Waals surface area contributed by atoms with Crippen LogP contribution in [0.2, 0.25) is 9.36 Å². The second-order valence-electron chi connectivity index (χ2n) is 17.9. The summed E-state index contributed by atoms with van der Waals surface area (Å²) in [6.07, 6.45) is 3.73. The quantitative estimate of drug-likeness (QED) is 0.0161. The number of halogens is 3. The molecule has 1 saturated heterocycles. The number of aromatic nitrogens is 3. The van der Waals surface area contributed by atoms with Gasteiger partial charge in [0.2, 0.25) is 0 Å². The van der Waals surface area contributed by atoms with E-state index in [1.807, 2.05) is 22.9 Å². The highest BCUT2D eigenvalue weighted by molar-refractivity contribution is 8.00. The summed E-state index contributed by atoms with van der Waals surface area (Å²) >= 11 is 15.2. The van der Waals surface area contributed by atoms with E-state index in [9.17, 15) is 24.0 Å². The maximum atomic E-state index is 15.7. The highest BCUT2D eigenvalue weighted by Gasteiger charge is 2.55. The smallest absolute Gasteiger partial charge is 0.413 e. The summed E-state index contributed by atoms with van der Waals surface area (Å²) < 4.78 is 40.9. The highest BCUT2D eigenvalue weighted by atomic mass is 35.5. The third-order valence-electron chi connectivity index (χ3n) is 10.4. The Morgan fingerprint density at radius 2 is 1.70 bits per heavy atom. The molecule has 0 unspecified atom stereocenters. The number of esters is 1. The van der Waals surface area contributed by atoms with Crippen LogP contribution in [0.3, 0.4) is 0 Å². The Bertz CT molecular complexity index is 2980. The van der Waals surface area contributed by atoms with Gasteiger partial charge in [-0.3, -0.25) is 30.5 Å². The van der Waals surface area contributed by atoms with Gasteiger partial charge in [0.25, 0.3) is 11.8 Å². The third-order valence-corrected chi connectivity index (χ3v) is 13.2. The van der Waals surface area contributed by atoms with Gasteiger partial charge in [-0.05, 0) is 77.4 Å². The molecule has 374 valence electrons. The minimum Gasteiger partial charge on any atom is -0.497 e. The number of benzene rings is 2. The van der Waals surface area contributed by atoms with E-state index in [4.69, 9.17) is 52.4 Å². The molecule has 0 bridgehead atoms. The Labute approximate surface area is 425 Å². The SMILES string of the molecule is CO/N=C(\C(=O)N[C@@H]1C(=O)N2C(C(=O)OCc3ccc(OC)cc3)=C(C[n+]3ccc4ccn(Cc5c(F)cc(C(=N)NC(=O)OC(C)(C)C)cc5Cl)c4c3)CS[C@H]12)c1nc(NC(=O)OC(C)(C)C)sc1Cl. The number of nitrogens with one attached hydrogen (secondary N) is 4. The fourth-order valence-electron chi connectivity index (χ4n) is 7.29. The number of carbonyl (C=O) groups is 5. The number of thiazole rings is 1. The highest BCUT2D eigenvalue weighted by Crippen LogP contribution is 2.41. The molecule has 2 atom stereocenters. The number of fused-ring (bicyclic) bond motifs is 2. The number of anilines is 1. The fourth-order valence-corrected chi connectivity index (χ4v) is 9.92. The average molecular weight is 1050 g/mol. The lowest BCUT2D eigenvalue weighted by Crippen LogP contribution is -2.71. The zero-order valence-corrected chi connectivity index (χ0v) is 42.7. The summed E-state index contributed by atoms with van der Waals surface area (Å²) in [5, 5.41) is 19.7.